The average Bonchev–Trinajstić information content (AvgIpc) is 2.90. The van der Waals surface area contributed by atoms with E-state index in [-0.39, 0.29) is 5.41 Å². The zero-order valence-corrected chi connectivity index (χ0v) is 26.5. The topological polar surface area (TPSA) is 53.7 Å². The summed E-state index contributed by atoms with van der Waals surface area (Å²) in [6.07, 6.45) is 23.2. The van der Waals surface area contributed by atoms with Gasteiger partial charge < -0.3 is 19.7 Å². The number of rotatable bonds is 28. The van der Waals surface area contributed by atoms with Crippen LogP contribution >= 0.6 is 0 Å². The van der Waals surface area contributed by atoms with Crippen molar-refractivity contribution in [2.45, 2.75) is 183 Å². The van der Waals surface area contributed by atoms with Crippen molar-refractivity contribution in [2.75, 3.05) is 13.2 Å². The molecule has 0 aromatic rings. The van der Waals surface area contributed by atoms with Crippen LogP contribution in [0.15, 0.2) is 0 Å². The molecule has 0 aromatic carbocycles. The molecule has 0 heterocycles. The van der Waals surface area contributed by atoms with Gasteiger partial charge >= 0.3 is 7.32 Å². The van der Waals surface area contributed by atoms with E-state index in [1.54, 1.807) is 0 Å². The maximum atomic E-state index is 7.63. The van der Waals surface area contributed by atoms with Gasteiger partial charge in [0.15, 0.2) is 0 Å². The van der Waals surface area contributed by atoms with Gasteiger partial charge in [-0.25, -0.2) is 0 Å². The van der Waals surface area contributed by atoms with Crippen LogP contribution in [0.4, 0.5) is 0 Å². The number of unbranched alkanes of at least 4 members (excludes halogenated alkanes) is 8. The van der Waals surface area contributed by atoms with Crippen molar-refractivity contribution in [3.05, 3.63) is 0 Å². The summed E-state index contributed by atoms with van der Waals surface area (Å²) in [5, 5.41) is 0. The third-order valence-corrected chi connectivity index (χ3v) is 8.33. The van der Waals surface area contributed by atoms with E-state index in [2.05, 4.69) is 48.5 Å². The lowest BCUT2D eigenvalue weighted by atomic mass is 9.58. The van der Waals surface area contributed by atoms with Crippen molar-refractivity contribution in [3.8, 4) is 0 Å². The van der Waals surface area contributed by atoms with E-state index in [4.69, 9.17) is 19.7 Å². The normalized spacial score (nSPS) is 14.6. The summed E-state index contributed by atoms with van der Waals surface area (Å²) in [6, 6.07) is 0. The molecule has 222 valence electrons. The minimum Gasteiger partial charge on any atom is -0.386 e. The summed E-state index contributed by atoms with van der Waals surface area (Å²) < 4.78 is 19.5. The summed E-state index contributed by atoms with van der Waals surface area (Å²) in [4.78, 5) is 0. The highest BCUT2D eigenvalue weighted by atomic mass is 16.7. The number of nitrogens with two attached hydrogens (primary N) is 1. The summed E-state index contributed by atoms with van der Waals surface area (Å²) in [5.74, 6) is 0.571. The summed E-state index contributed by atoms with van der Waals surface area (Å²) in [6.45, 7) is 17.2. The van der Waals surface area contributed by atoms with Gasteiger partial charge in [-0.3, -0.25) is 0 Å². The van der Waals surface area contributed by atoms with Gasteiger partial charge in [0, 0.05) is 18.6 Å². The van der Waals surface area contributed by atoms with E-state index in [1.807, 2.05) is 0 Å². The molecule has 4 nitrogen and oxygen atoms in total. The maximum Gasteiger partial charge on any atom is 0.640 e. The third kappa shape index (κ3) is 14.2. The van der Waals surface area contributed by atoms with Gasteiger partial charge in [-0.2, -0.15) is 0 Å². The predicted molar refractivity (Wildman–Crippen MR) is 164 cm³/mol. The summed E-state index contributed by atoms with van der Waals surface area (Å²) in [5.41, 5.74) is 6.83. The van der Waals surface area contributed by atoms with E-state index in [1.165, 1.54) is 70.6 Å². The molecule has 37 heavy (non-hydrogen) atoms. The predicted octanol–water partition coefficient (Wildman–Crippen LogP) is 10.2. The van der Waals surface area contributed by atoms with Gasteiger partial charge in [0.1, 0.15) is 5.72 Å². The van der Waals surface area contributed by atoms with Crippen LogP contribution in [0.2, 0.25) is 0 Å². The fraction of sp³-hybridized carbons (Fsp3) is 1.00. The standard InChI is InChI=1S/C32H68BNO3/c1-8-15-21-22-24-30(23-14-7)31(25-16-9-2,26-17-10-3)32(34,27-18-11-4)37-33(35-28-19-12-5)36-29-20-13-6/h30H,8-29,34H2,1-7H3. The molecular formula is C32H68BNO3. The van der Waals surface area contributed by atoms with Crippen LogP contribution in [0.1, 0.15) is 177 Å². The first kappa shape index (κ1) is 36.9. The van der Waals surface area contributed by atoms with Crippen molar-refractivity contribution < 1.29 is 14.0 Å². The van der Waals surface area contributed by atoms with E-state index in [9.17, 15) is 0 Å². The second-order valence-electron chi connectivity index (χ2n) is 11.5. The SMILES string of the molecule is CCCCCCC(CCC)C(CCCC)(CCCC)C(N)(CCCC)OB(OCCCC)OCCCC. The zero-order chi connectivity index (χ0) is 27.8. The molecule has 2 unspecified atom stereocenters. The molecule has 0 spiro atoms. The number of hydrogen-bond acceptors (Lipinski definition) is 4. The first-order valence-electron chi connectivity index (χ1n) is 16.6. The largest absolute Gasteiger partial charge is 0.640 e. The highest BCUT2D eigenvalue weighted by Gasteiger charge is 2.54. The fourth-order valence-corrected chi connectivity index (χ4v) is 5.95. The molecule has 0 aliphatic rings. The minimum absolute atomic E-state index is 0.0586. The lowest BCUT2D eigenvalue weighted by Crippen LogP contribution is -2.63. The van der Waals surface area contributed by atoms with Crippen molar-refractivity contribution in [1.82, 2.24) is 0 Å². The maximum absolute atomic E-state index is 7.63. The van der Waals surface area contributed by atoms with Crippen LogP contribution < -0.4 is 5.73 Å². The molecule has 0 aliphatic carbocycles. The molecule has 0 radical (unpaired) electrons. The van der Waals surface area contributed by atoms with Crippen LogP contribution in [0.3, 0.4) is 0 Å². The van der Waals surface area contributed by atoms with Gasteiger partial charge in [-0.15, -0.1) is 0 Å². The Hall–Kier alpha value is -0.0951. The molecule has 2 N–H and O–H groups in total. The van der Waals surface area contributed by atoms with Gasteiger partial charge in [0.05, 0.1) is 0 Å². The first-order valence-corrected chi connectivity index (χ1v) is 16.6. The smallest absolute Gasteiger partial charge is 0.386 e. The zero-order valence-electron chi connectivity index (χ0n) is 26.5. The Morgan fingerprint density at radius 1 is 0.541 bits per heavy atom. The van der Waals surface area contributed by atoms with Crippen LogP contribution in [-0.2, 0) is 14.0 Å². The first-order chi connectivity index (χ1) is 17.9. The highest BCUT2D eigenvalue weighted by molar-refractivity contribution is 6.36. The monoisotopic (exact) mass is 526 g/mol. The summed E-state index contributed by atoms with van der Waals surface area (Å²) >= 11 is 0. The summed E-state index contributed by atoms with van der Waals surface area (Å²) in [7, 11) is -0.676. The van der Waals surface area contributed by atoms with Gasteiger partial charge in [-0.1, -0.05) is 132 Å². The van der Waals surface area contributed by atoms with E-state index in [0.29, 0.717) is 19.1 Å². The Bertz CT molecular complexity index is 475. The fourth-order valence-electron chi connectivity index (χ4n) is 5.95. The molecule has 0 bridgehead atoms. The molecule has 0 saturated carbocycles. The van der Waals surface area contributed by atoms with E-state index < -0.39 is 13.0 Å². The molecule has 0 fully saturated rings. The molecule has 0 rings (SSSR count). The molecule has 2 atom stereocenters. The molecule has 0 aliphatic heterocycles. The van der Waals surface area contributed by atoms with E-state index in [0.717, 1.165) is 57.8 Å². The molecule has 5 heteroatoms. The molecule has 0 saturated heterocycles. The van der Waals surface area contributed by atoms with Crippen LogP contribution in [0, 0.1) is 11.3 Å². The third-order valence-electron chi connectivity index (χ3n) is 8.33. The molecule has 0 aromatic heterocycles. The number of hydrogen-bond donors (Lipinski definition) is 1. The highest BCUT2D eigenvalue weighted by Crippen LogP contribution is 2.52. The van der Waals surface area contributed by atoms with Crippen LogP contribution in [0.5, 0.6) is 0 Å². The quantitative estimate of drug-likeness (QED) is 0.0627. The van der Waals surface area contributed by atoms with Crippen LogP contribution in [0.25, 0.3) is 0 Å². The van der Waals surface area contributed by atoms with Gasteiger partial charge in [0.2, 0.25) is 0 Å². The Balaban J connectivity index is 6.46. The second kappa shape index (κ2) is 23.8. The van der Waals surface area contributed by atoms with Crippen molar-refractivity contribution in [1.29, 1.82) is 0 Å². The Morgan fingerprint density at radius 2 is 1.03 bits per heavy atom. The Labute approximate surface area is 234 Å². The molecule has 0 amide bonds. The lowest BCUT2D eigenvalue weighted by Gasteiger charge is -2.54. The minimum atomic E-state index is -0.749. The average molecular weight is 526 g/mol. The van der Waals surface area contributed by atoms with E-state index >= 15 is 0 Å². The Kier molecular flexibility index (Phi) is 23.7. The molecular weight excluding hydrogens is 457 g/mol. The van der Waals surface area contributed by atoms with Gasteiger partial charge in [0.25, 0.3) is 0 Å². The van der Waals surface area contributed by atoms with Crippen LogP contribution in [-0.4, -0.2) is 26.3 Å². The van der Waals surface area contributed by atoms with Crippen molar-refractivity contribution >= 4 is 7.32 Å². The Morgan fingerprint density at radius 3 is 1.49 bits per heavy atom. The van der Waals surface area contributed by atoms with Crippen molar-refractivity contribution in [2.24, 2.45) is 17.1 Å². The van der Waals surface area contributed by atoms with Crippen molar-refractivity contribution in [3.63, 3.8) is 0 Å². The second-order valence-corrected chi connectivity index (χ2v) is 11.5. The lowest BCUT2D eigenvalue weighted by molar-refractivity contribution is -0.142. The van der Waals surface area contributed by atoms with Gasteiger partial charge in [-0.05, 0) is 50.9 Å².